The van der Waals surface area contributed by atoms with E-state index in [9.17, 15) is 8.42 Å². The van der Waals surface area contributed by atoms with Gasteiger partial charge in [0.05, 0.1) is 0 Å². The molecule has 3 N–H and O–H groups in total. The van der Waals surface area contributed by atoms with Crippen LogP contribution < -0.4 is 14.8 Å². The third kappa shape index (κ3) is 5.76. The van der Waals surface area contributed by atoms with Crippen molar-refractivity contribution in [1.29, 1.82) is 0 Å². The summed E-state index contributed by atoms with van der Waals surface area (Å²) in [4.78, 5) is 2.24. The monoisotopic (exact) mass is 250 g/mol. The van der Waals surface area contributed by atoms with Gasteiger partial charge in [-0.1, -0.05) is 0 Å². The Balaban J connectivity index is 2.18. The summed E-state index contributed by atoms with van der Waals surface area (Å²) in [6.45, 7) is 8.76. The maximum atomic E-state index is 11.4. The van der Waals surface area contributed by atoms with Crippen molar-refractivity contribution in [2.75, 3.05) is 39.3 Å². The maximum absolute atomic E-state index is 11.4. The minimum atomic E-state index is -3.32. The molecule has 0 aromatic heterocycles. The van der Waals surface area contributed by atoms with E-state index in [0.717, 1.165) is 32.7 Å². The smallest absolute Gasteiger partial charge is 0.277 e. The van der Waals surface area contributed by atoms with Crippen molar-refractivity contribution in [3.63, 3.8) is 0 Å². The van der Waals surface area contributed by atoms with E-state index in [1.807, 2.05) is 0 Å². The summed E-state index contributed by atoms with van der Waals surface area (Å²) in [5, 5.41) is 3.25. The predicted molar refractivity (Wildman–Crippen MR) is 64.5 cm³/mol. The minimum Gasteiger partial charge on any atom is -0.314 e. The molecule has 1 aliphatic heterocycles. The largest absolute Gasteiger partial charge is 0.314 e. The Morgan fingerprint density at radius 1 is 1.31 bits per heavy atom. The first-order valence-corrected chi connectivity index (χ1v) is 7.18. The Morgan fingerprint density at radius 3 is 2.50 bits per heavy atom. The average Bonchev–Trinajstić information content (AvgIpc) is 2.16. The van der Waals surface area contributed by atoms with Gasteiger partial charge in [0.2, 0.25) is 0 Å². The van der Waals surface area contributed by atoms with E-state index in [4.69, 9.17) is 0 Å². The Morgan fingerprint density at radius 2 is 1.94 bits per heavy atom. The van der Waals surface area contributed by atoms with Crippen LogP contribution >= 0.6 is 0 Å². The molecule has 0 spiro atoms. The van der Waals surface area contributed by atoms with E-state index in [1.54, 1.807) is 13.8 Å². The summed E-state index contributed by atoms with van der Waals surface area (Å²) >= 11 is 0. The summed E-state index contributed by atoms with van der Waals surface area (Å²) in [6, 6.07) is -0.0725. The third-order valence-corrected chi connectivity index (χ3v) is 3.69. The lowest BCUT2D eigenvalue weighted by molar-refractivity contribution is 0.245. The number of nitrogens with zero attached hydrogens (tertiary/aromatic N) is 1. The van der Waals surface area contributed by atoms with Crippen LogP contribution in [0.1, 0.15) is 13.8 Å². The molecule has 96 valence electrons. The van der Waals surface area contributed by atoms with E-state index in [2.05, 4.69) is 19.7 Å². The first kappa shape index (κ1) is 13.9. The second kappa shape index (κ2) is 6.51. The van der Waals surface area contributed by atoms with Crippen molar-refractivity contribution in [2.45, 2.75) is 19.9 Å². The molecule has 1 fully saturated rings. The van der Waals surface area contributed by atoms with Crippen molar-refractivity contribution in [2.24, 2.45) is 0 Å². The third-order valence-electron chi connectivity index (χ3n) is 2.32. The molecule has 0 amide bonds. The van der Waals surface area contributed by atoms with Crippen LogP contribution in [0.5, 0.6) is 0 Å². The highest BCUT2D eigenvalue weighted by atomic mass is 32.2. The second-order valence-electron chi connectivity index (χ2n) is 4.26. The lowest BCUT2D eigenvalue weighted by atomic mass is 10.3. The molecule has 1 rings (SSSR count). The number of rotatable bonds is 6. The van der Waals surface area contributed by atoms with E-state index in [1.165, 1.54) is 0 Å². The zero-order valence-electron chi connectivity index (χ0n) is 9.99. The molecule has 0 unspecified atom stereocenters. The van der Waals surface area contributed by atoms with Gasteiger partial charge in [-0.2, -0.15) is 13.1 Å². The van der Waals surface area contributed by atoms with Gasteiger partial charge < -0.3 is 5.32 Å². The topological polar surface area (TPSA) is 73.5 Å². The van der Waals surface area contributed by atoms with Crippen LogP contribution in [-0.4, -0.2) is 58.6 Å². The van der Waals surface area contributed by atoms with Gasteiger partial charge in [-0.25, -0.2) is 4.72 Å². The fraction of sp³-hybridized carbons (Fsp3) is 1.00. The van der Waals surface area contributed by atoms with Gasteiger partial charge in [0.25, 0.3) is 10.2 Å². The molecule has 0 aliphatic carbocycles. The van der Waals surface area contributed by atoms with Crippen LogP contribution in [0, 0.1) is 0 Å². The van der Waals surface area contributed by atoms with E-state index >= 15 is 0 Å². The van der Waals surface area contributed by atoms with Gasteiger partial charge in [-0.15, -0.1) is 0 Å². The molecule has 0 bridgehead atoms. The van der Waals surface area contributed by atoms with Crippen LogP contribution in [-0.2, 0) is 10.2 Å². The zero-order valence-corrected chi connectivity index (χ0v) is 10.8. The molecule has 0 radical (unpaired) electrons. The molecule has 0 aromatic carbocycles. The number of piperazine rings is 1. The normalized spacial score (nSPS) is 19.2. The van der Waals surface area contributed by atoms with Crippen LogP contribution in [0.15, 0.2) is 0 Å². The van der Waals surface area contributed by atoms with Crippen LogP contribution in [0.25, 0.3) is 0 Å². The van der Waals surface area contributed by atoms with Crippen LogP contribution in [0.2, 0.25) is 0 Å². The Kier molecular flexibility index (Phi) is 5.63. The second-order valence-corrected chi connectivity index (χ2v) is 5.79. The quantitative estimate of drug-likeness (QED) is 0.549. The zero-order chi connectivity index (χ0) is 12.0. The molecule has 1 saturated heterocycles. The van der Waals surface area contributed by atoms with E-state index < -0.39 is 10.2 Å². The van der Waals surface area contributed by atoms with Gasteiger partial charge in [-0.05, 0) is 13.8 Å². The highest BCUT2D eigenvalue weighted by molar-refractivity contribution is 7.87. The first-order chi connectivity index (χ1) is 7.49. The summed E-state index contributed by atoms with van der Waals surface area (Å²) in [5.74, 6) is 0. The maximum Gasteiger partial charge on any atom is 0.277 e. The summed E-state index contributed by atoms with van der Waals surface area (Å²) in [7, 11) is -3.32. The summed E-state index contributed by atoms with van der Waals surface area (Å²) < 4.78 is 27.9. The first-order valence-electron chi connectivity index (χ1n) is 5.69. The lowest BCUT2D eigenvalue weighted by Crippen LogP contribution is -2.48. The number of hydrogen-bond acceptors (Lipinski definition) is 4. The van der Waals surface area contributed by atoms with Gasteiger partial charge >= 0.3 is 0 Å². The number of hydrogen-bond donors (Lipinski definition) is 3. The summed E-state index contributed by atoms with van der Waals surface area (Å²) in [6.07, 6.45) is 0. The highest BCUT2D eigenvalue weighted by Gasteiger charge is 2.12. The lowest BCUT2D eigenvalue weighted by Gasteiger charge is -2.27. The molecule has 0 saturated carbocycles. The molecule has 0 atom stereocenters. The molecule has 1 heterocycles. The average molecular weight is 250 g/mol. The van der Waals surface area contributed by atoms with Crippen molar-refractivity contribution in [3.8, 4) is 0 Å². The highest BCUT2D eigenvalue weighted by Crippen LogP contribution is 1.91. The van der Waals surface area contributed by atoms with Crippen molar-refractivity contribution in [3.05, 3.63) is 0 Å². The van der Waals surface area contributed by atoms with E-state index in [0.29, 0.717) is 6.54 Å². The standard InChI is InChI=1S/C9H22N4O2S/c1-9(2)12-16(14,15)11-5-8-13-6-3-10-4-7-13/h9-12H,3-8H2,1-2H3. The molecular formula is C9H22N4O2S. The Hall–Kier alpha value is -0.210. The van der Waals surface area contributed by atoms with Crippen molar-refractivity contribution < 1.29 is 8.42 Å². The minimum absolute atomic E-state index is 0.0725. The van der Waals surface area contributed by atoms with Gasteiger partial charge in [-0.3, -0.25) is 4.90 Å². The SMILES string of the molecule is CC(C)NS(=O)(=O)NCCN1CCNCC1. The van der Waals surface area contributed by atoms with Crippen molar-refractivity contribution >= 4 is 10.2 Å². The van der Waals surface area contributed by atoms with Crippen LogP contribution in [0.3, 0.4) is 0 Å². The molecule has 16 heavy (non-hydrogen) atoms. The van der Waals surface area contributed by atoms with Gasteiger partial charge in [0.15, 0.2) is 0 Å². The van der Waals surface area contributed by atoms with Crippen LogP contribution in [0.4, 0.5) is 0 Å². The van der Waals surface area contributed by atoms with E-state index in [-0.39, 0.29) is 6.04 Å². The Bertz CT molecular complexity index is 286. The number of nitrogens with one attached hydrogen (secondary N) is 3. The molecule has 7 heteroatoms. The fourth-order valence-corrected chi connectivity index (χ4v) is 2.69. The summed E-state index contributed by atoms with van der Waals surface area (Å²) in [5.41, 5.74) is 0. The van der Waals surface area contributed by atoms with Crippen molar-refractivity contribution in [1.82, 2.24) is 19.7 Å². The molecule has 0 aromatic rings. The Labute approximate surface area is 98.0 Å². The fourth-order valence-electron chi connectivity index (χ4n) is 1.62. The molecule has 6 nitrogen and oxygen atoms in total. The molecule has 1 aliphatic rings. The van der Waals surface area contributed by atoms with Gasteiger partial charge in [0.1, 0.15) is 0 Å². The predicted octanol–water partition coefficient (Wildman–Crippen LogP) is -1.28. The molecular weight excluding hydrogens is 228 g/mol. The van der Waals surface area contributed by atoms with Gasteiger partial charge in [0, 0.05) is 45.3 Å².